The molecule has 0 N–H and O–H groups in total. The van der Waals surface area contributed by atoms with Crippen molar-refractivity contribution in [1.29, 1.82) is 0 Å². The Bertz CT molecular complexity index is 797. The molecule has 0 aromatic heterocycles. The Balaban J connectivity index is 1.84. The van der Waals surface area contributed by atoms with E-state index in [4.69, 9.17) is 18.9 Å². The van der Waals surface area contributed by atoms with Gasteiger partial charge in [-0.25, -0.2) is 4.79 Å². The minimum absolute atomic E-state index is 0.0188. The molecule has 0 spiro atoms. The number of rotatable bonds is 3. The summed E-state index contributed by atoms with van der Waals surface area (Å²) in [7, 11) is 1.37. The number of allylic oxidation sites excluding steroid dienone is 3. The monoisotopic (exact) mass is 472 g/mol. The van der Waals surface area contributed by atoms with Crippen LogP contribution in [0.5, 0.6) is 0 Å². The number of fused-ring (bicyclic) bond motifs is 4. The number of hydrogen-bond acceptors (Lipinski definition) is 6. The summed E-state index contributed by atoms with van der Waals surface area (Å²) in [5.41, 5.74) is 0.947. The van der Waals surface area contributed by atoms with Crippen molar-refractivity contribution >= 4 is 11.9 Å². The van der Waals surface area contributed by atoms with Crippen molar-refractivity contribution in [1.82, 2.24) is 0 Å². The van der Waals surface area contributed by atoms with Gasteiger partial charge in [0, 0.05) is 18.4 Å². The van der Waals surface area contributed by atoms with Crippen LogP contribution >= 0.6 is 0 Å². The van der Waals surface area contributed by atoms with Gasteiger partial charge in [0.1, 0.15) is 6.10 Å². The Labute approximate surface area is 204 Å². The summed E-state index contributed by atoms with van der Waals surface area (Å²) in [6, 6.07) is 0. The van der Waals surface area contributed by atoms with Crippen LogP contribution in [0.3, 0.4) is 0 Å². The highest BCUT2D eigenvalue weighted by atomic mass is 16.6. The summed E-state index contributed by atoms with van der Waals surface area (Å²) in [5.74, 6) is -0.303. The molecule has 3 heterocycles. The van der Waals surface area contributed by atoms with Gasteiger partial charge < -0.3 is 18.9 Å². The fourth-order valence-electron chi connectivity index (χ4n) is 5.12. The van der Waals surface area contributed by atoms with Gasteiger partial charge in [0.2, 0.25) is 0 Å². The minimum Gasteiger partial charge on any atom is -0.466 e. The first-order valence-corrected chi connectivity index (χ1v) is 12.6. The molecule has 2 fully saturated rings. The predicted octanol–water partition coefficient (Wildman–Crippen LogP) is 5.24. The van der Waals surface area contributed by atoms with Crippen molar-refractivity contribution in [2.75, 3.05) is 7.11 Å². The highest BCUT2D eigenvalue weighted by molar-refractivity contribution is 5.82. The Morgan fingerprint density at radius 2 is 1.74 bits per heavy atom. The van der Waals surface area contributed by atoms with Gasteiger partial charge in [-0.15, -0.1) is 0 Å². The van der Waals surface area contributed by atoms with E-state index in [1.807, 2.05) is 12.2 Å². The van der Waals surface area contributed by atoms with E-state index < -0.39 is 0 Å². The number of ether oxygens (including phenoxy) is 4. The molecule has 6 nitrogen and oxygen atoms in total. The Hall–Kier alpha value is -2.18. The first kappa shape index (κ1) is 26.4. The maximum absolute atomic E-state index is 12.9. The third-order valence-electron chi connectivity index (χ3n) is 6.85. The third kappa shape index (κ3) is 8.24. The second-order valence-electron chi connectivity index (χ2n) is 9.90. The van der Waals surface area contributed by atoms with Crippen LogP contribution in [0.25, 0.3) is 0 Å². The molecule has 6 heteroatoms. The molecular weight excluding hydrogens is 432 g/mol. The maximum atomic E-state index is 12.9. The van der Waals surface area contributed by atoms with Gasteiger partial charge >= 0.3 is 11.9 Å². The first-order valence-electron chi connectivity index (χ1n) is 12.6. The zero-order chi connectivity index (χ0) is 24.5. The van der Waals surface area contributed by atoms with Crippen LogP contribution in [-0.2, 0) is 28.5 Å². The van der Waals surface area contributed by atoms with E-state index in [-0.39, 0.29) is 54.8 Å². The Kier molecular flexibility index (Phi) is 10.1. The Morgan fingerprint density at radius 3 is 2.47 bits per heavy atom. The first-order chi connectivity index (χ1) is 16.4. The van der Waals surface area contributed by atoms with Crippen LogP contribution in [0, 0.1) is 11.8 Å². The smallest absolute Gasteiger partial charge is 0.330 e. The molecular formula is C28H40O6. The van der Waals surface area contributed by atoms with E-state index >= 15 is 0 Å². The highest BCUT2D eigenvalue weighted by Gasteiger charge is 2.33. The van der Waals surface area contributed by atoms with Crippen molar-refractivity contribution in [2.24, 2.45) is 11.8 Å². The van der Waals surface area contributed by atoms with Crippen molar-refractivity contribution in [3.05, 3.63) is 48.6 Å². The van der Waals surface area contributed by atoms with Crippen LogP contribution in [-0.4, -0.2) is 49.6 Å². The number of carbonyl (C=O) groups excluding carboxylic acids is 2. The summed E-state index contributed by atoms with van der Waals surface area (Å²) in [5, 5.41) is 0. The largest absolute Gasteiger partial charge is 0.466 e. The van der Waals surface area contributed by atoms with Gasteiger partial charge in [0.05, 0.1) is 37.9 Å². The number of carbonyl (C=O) groups is 2. The van der Waals surface area contributed by atoms with Gasteiger partial charge in [-0.05, 0) is 50.5 Å². The minimum atomic E-state index is -0.387. The van der Waals surface area contributed by atoms with Crippen molar-refractivity contribution in [2.45, 2.75) is 95.7 Å². The summed E-state index contributed by atoms with van der Waals surface area (Å²) < 4.78 is 23.5. The van der Waals surface area contributed by atoms with E-state index in [0.717, 1.165) is 37.7 Å². The van der Waals surface area contributed by atoms with Crippen LogP contribution in [0.2, 0.25) is 0 Å². The molecule has 0 radical (unpaired) electrons. The van der Waals surface area contributed by atoms with Crippen molar-refractivity contribution < 1.29 is 28.5 Å². The molecule has 0 amide bonds. The lowest BCUT2D eigenvalue weighted by molar-refractivity contribution is -0.154. The summed E-state index contributed by atoms with van der Waals surface area (Å²) in [4.78, 5) is 24.8. The molecule has 4 bridgehead atoms. The highest BCUT2D eigenvalue weighted by Crippen LogP contribution is 2.33. The van der Waals surface area contributed by atoms with E-state index in [9.17, 15) is 9.59 Å². The predicted molar refractivity (Wildman–Crippen MR) is 131 cm³/mol. The SMILES string of the molecule is C=C/C=C/[C@@H]1OC(=O)C[C@@H]2C/C(=C\C(=O)OC)C[C@H](C[C@@H]3CCC[C@H](C[C@@H](C)/C=C/C1C)O3)O2. The van der Waals surface area contributed by atoms with Crippen molar-refractivity contribution in [3.8, 4) is 0 Å². The average Bonchev–Trinajstić information content (AvgIpc) is 2.79. The second-order valence-corrected chi connectivity index (χ2v) is 9.90. The fourth-order valence-corrected chi connectivity index (χ4v) is 5.12. The lowest BCUT2D eigenvalue weighted by Crippen LogP contribution is -2.37. The molecule has 34 heavy (non-hydrogen) atoms. The molecule has 3 aliphatic heterocycles. The average molecular weight is 473 g/mol. The van der Waals surface area contributed by atoms with Gasteiger partial charge in [0.25, 0.3) is 0 Å². The van der Waals surface area contributed by atoms with Crippen molar-refractivity contribution in [3.63, 3.8) is 0 Å². The topological polar surface area (TPSA) is 71.1 Å². The standard InChI is InChI=1S/C28H40O6/c1-5-6-10-26-20(3)12-11-19(2)13-22-8-7-9-23(32-22)17-24-14-21(16-27(29)31-4)15-25(33-24)18-28(30)34-26/h5-6,10-12,16,19-20,22-26H,1,7-9,13-15,17-18H2,2-4H3/b10-6+,12-11+,21-16-/t19-,20?,22+,23-,24+,25-,26-/m0/s1. The molecule has 0 aromatic carbocycles. The molecule has 1 unspecified atom stereocenters. The molecule has 0 saturated carbocycles. The lowest BCUT2D eigenvalue weighted by Gasteiger charge is -2.37. The van der Waals surface area contributed by atoms with E-state index in [1.165, 1.54) is 7.11 Å². The quantitative estimate of drug-likeness (QED) is 0.242. The van der Waals surface area contributed by atoms with Gasteiger partial charge in [-0.1, -0.05) is 50.3 Å². The molecule has 0 aromatic rings. The zero-order valence-electron chi connectivity index (χ0n) is 20.8. The van der Waals surface area contributed by atoms with E-state index in [2.05, 4.69) is 32.6 Å². The molecule has 7 atom stereocenters. The summed E-state index contributed by atoms with van der Waals surface area (Å²) in [6.45, 7) is 7.99. The lowest BCUT2D eigenvalue weighted by atomic mass is 9.89. The Morgan fingerprint density at radius 1 is 1.03 bits per heavy atom. The second kappa shape index (κ2) is 13.1. The van der Waals surface area contributed by atoms with Crippen LogP contribution in [0.15, 0.2) is 48.6 Å². The van der Waals surface area contributed by atoms with Gasteiger partial charge in [-0.3, -0.25) is 4.79 Å². The van der Waals surface area contributed by atoms with Gasteiger partial charge in [0.15, 0.2) is 0 Å². The van der Waals surface area contributed by atoms with E-state index in [0.29, 0.717) is 18.8 Å². The normalized spacial score (nSPS) is 37.7. The molecule has 188 valence electrons. The van der Waals surface area contributed by atoms with Crippen LogP contribution < -0.4 is 0 Å². The molecule has 3 aliphatic rings. The number of hydrogen-bond donors (Lipinski definition) is 0. The van der Waals surface area contributed by atoms with Gasteiger partial charge in [-0.2, -0.15) is 0 Å². The molecule has 0 aliphatic carbocycles. The van der Waals surface area contributed by atoms with E-state index in [1.54, 1.807) is 12.2 Å². The zero-order valence-corrected chi connectivity index (χ0v) is 20.8. The maximum Gasteiger partial charge on any atom is 0.330 e. The summed E-state index contributed by atoms with van der Waals surface area (Å²) in [6.07, 6.45) is 17.0. The fraction of sp³-hybridized carbons (Fsp3) is 0.643. The molecule has 3 rings (SSSR count). The third-order valence-corrected chi connectivity index (χ3v) is 6.85. The number of methoxy groups -OCH3 is 1. The number of esters is 2. The molecule has 2 saturated heterocycles. The summed E-state index contributed by atoms with van der Waals surface area (Å²) >= 11 is 0. The van der Waals surface area contributed by atoms with Crippen LogP contribution in [0.4, 0.5) is 0 Å². The van der Waals surface area contributed by atoms with Crippen LogP contribution in [0.1, 0.15) is 65.2 Å². The number of cyclic esters (lactones) is 1.